The minimum atomic E-state index is 0.153. The molecule has 0 fully saturated rings. The van der Waals surface area contributed by atoms with Crippen molar-refractivity contribution in [1.82, 2.24) is 4.90 Å². The number of hydrogen-bond acceptors (Lipinski definition) is 3. The zero-order valence-electron chi connectivity index (χ0n) is 8.89. The molecule has 1 atom stereocenters. The Labute approximate surface area is 108 Å². The molecular weight excluding hydrogens is 286 g/mol. The molecule has 0 aromatic heterocycles. The highest BCUT2D eigenvalue weighted by Crippen LogP contribution is 2.34. The van der Waals surface area contributed by atoms with Gasteiger partial charge in [0.05, 0.1) is 6.54 Å². The van der Waals surface area contributed by atoms with E-state index in [2.05, 4.69) is 26.2 Å². The first kappa shape index (κ1) is 11.7. The van der Waals surface area contributed by atoms with Crippen molar-refractivity contribution >= 4 is 33.5 Å². The average Bonchev–Trinajstić information content (AvgIpc) is 2.62. The van der Waals surface area contributed by atoms with Gasteiger partial charge in [-0.3, -0.25) is 4.79 Å². The molecule has 1 aromatic rings. The second kappa shape index (κ2) is 5.06. The van der Waals surface area contributed by atoms with Gasteiger partial charge in [-0.15, -0.1) is 0 Å². The molecule has 84 valence electrons. The molecule has 0 aliphatic carbocycles. The fraction of sp³-hybridized carbons (Fsp3) is 0.250. The van der Waals surface area contributed by atoms with Crippen LogP contribution >= 0.6 is 27.7 Å². The Balaban J connectivity index is 2.06. The quantitative estimate of drug-likeness (QED) is 0.484. The lowest BCUT2D eigenvalue weighted by Gasteiger charge is -2.22. The molecule has 1 aromatic carbocycles. The van der Waals surface area contributed by atoms with E-state index >= 15 is 0 Å². The van der Waals surface area contributed by atoms with Crippen molar-refractivity contribution in [2.24, 2.45) is 0 Å². The smallest absolute Gasteiger partial charge is 0.182 e. The van der Waals surface area contributed by atoms with Crippen LogP contribution in [0.5, 0.6) is 0 Å². The van der Waals surface area contributed by atoms with E-state index in [1.807, 2.05) is 37.3 Å². The molecule has 1 heterocycles. The number of halogens is 1. The van der Waals surface area contributed by atoms with Gasteiger partial charge in [0, 0.05) is 11.3 Å². The molecule has 4 heteroatoms. The van der Waals surface area contributed by atoms with Crippen molar-refractivity contribution in [3.8, 4) is 0 Å². The number of allylic oxidation sites excluding steroid dienone is 1. The number of nitrogens with zero attached hydrogens (tertiary/aromatic N) is 1. The third-order valence-corrected chi connectivity index (χ3v) is 4.56. The van der Waals surface area contributed by atoms with Crippen molar-refractivity contribution < 1.29 is 4.79 Å². The minimum absolute atomic E-state index is 0.153. The molecule has 0 N–H and O–H groups in total. The standard InChI is InChI=1S/C12H12BrNOS/c1-9-8-16-12(13)14(9)7-11(15)10-5-3-2-4-6-10/h2-6,8,12H,7H2,1H3. The predicted molar refractivity (Wildman–Crippen MR) is 71.5 cm³/mol. The van der Waals surface area contributed by atoms with Gasteiger partial charge in [-0.2, -0.15) is 0 Å². The summed E-state index contributed by atoms with van der Waals surface area (Å²) in [7, 11) is 0. The summed E-state index contributed by atoms with van der Waals surface area (Å²) in [6, 6.07) is 9.41. The van der Waals surface area contributed by atoms with Gasteiger partial charge >= 0.3 is 0 Å². The number of hydrogen-bond donors (Lipinski definition) is 0. The SMILES string of the molecule is CC1=CSC(Br)N1CC(=O)c1ccccc1. The van der Waals surface area contributed by atoms with Gasteiger partial charge in [0.15, 0.2) is 5.78 Å². The number of benzene rings is 1. The van der Waals surface area contributed by atoms with Crippen molar-refractivity contribution in [2.75, 3.05) is 6.54 Å². The van der Waals surface area contributed by atoms with E-state index in [4.69, 9.17) is 0 Å². The van der Waals surface area contributed by atoms with Crippen LogP contribution in [0.2, 0.25) is 0 Å². The first-order chi connectivity index (χ1) is 7.68. The third kappa shape index (κ3) is 2.50. The van der Waals surface area contributed by atoms with Crippen LogP contribution in [0.1, 0.15) is 17.3 Å². The first-order valence-electron chi connectivity index (χ1n) is 4.99. The van der Waals surface area contributed by atoms with Crippen LogP contribution in [0.15, 0.2) is 41.4 Å². The Bertz CT molecular complexity index is 418. The van der Waals surface area contributed by atoms with Gasteiger partial charge in [-0.05, 0) is 12.3 Å². The average molecular weight is 298 g/mol. The van der Waals surface area contributed by atoms with Crippen LogP contribution in [0.4, 0.5) is 0 Å². The second-order valence-corrected chi connectivity index (χ2v) is 6.03. The van der Waals surface area contributed by atoms with Gasteiger partial charge < -0.3 is 4.90 Å². The lowest BCUT2D eigenvalue weighted by atomic mass is 10.1. The zero-order chi connectivity index (χ0) is 11.5. The summed E-state index contributed by atoms with van der Waals surface area (Å²) in [6.07, 6.45) is 0. The topological polar surface area (TPSA) is 20.3 Å². The lowest BCUT2D eigenvalue weighted by Crippen LogP contribution is -2.29. The third-order valence-electron chi connectivity index (χ3n) is 2.46. The van der Waals surface area contributed by atoms with Crippen molar-refractivity contribution in [3.63, 3.8) is 0 Å². The van der Waals surface area contributed by atoms with E-state index < -0.39 is 0 Å². The van der Waals surface area contributed by atoms with Gasteiger partial charge in [-0.25, -0.2) is 0 Å². The maximum Gasteiger partial charge on any atom is 0.182 e. The lowest BCUT2D eigenvalue weighted by molar-refractivity contribution is 0.0956. The van der Waals surface area contributed by atoms with E-state index in [1.54, 1.807) is 11.8 Å². The summed E-state index contributed by atoms with van der Waals surface area (Å²) < 4.78 is 0.181. The van der Waals surface area contributed by atoms with Crippen LogP contribution in [-0.4, -0.2) is 21.5 Å². The van der Waals surface area contributed by atoms with Gasteiger partial charge in [-0.1, -0.05) is 58.0 Å². The van der Waals surface area contributed by atoms with Crippen LogP contribution in [-0.2, 0) is 0 Å². The highest BCUT2D eigenvalue weighted by molar-refractivity contribution is 9.11. The molecule has 0 radical (unpaired) electrons. The highest BCUT2D eigenvalue weighted by atomic mass is 79.9. The Morgan fingerprint density at radius 3 is 2.69 bits per heavy atom. The molecule has 0 amide bonds. The summed E-state index contributed by atoms with van der Waals surface area (Å²) in [5.74, 6) is 0.153. The summed E-state index contributed by atoms with van der Waals surface area (Å²) in [5, 5.41) is 2.07. The van der Waals surface area contributed by atoms with Crippen LogP contribution < -0.4 is 0 Å². The largest absolute Gasteiger partial charge is 0.346 e. The number of carbonyl (C=O) groups excluding carboxylic acids is 1. The summed E-state index contributed by atoms with van der Waals surface area (Å²) in [4.78, 5) is 14.0. The minimum Gasteiger partial charge on any atom is -0.346 e. The first-order valence-corrected chi connectivity index (χ1v) is 6.85. The molecule has 0 spiro atoms. The van der Waals surface area contributed by atoms with E-state index in [-0.39, 0.29) is 10.1 Å². The Hall–Kier alpha value is -0.740. The maximum absolute atomic E-state index is 12.0. The van der Waals surface area contributed by atoms with E-state index in [0.29, 0.717) is 6.54 Å². The maximum atomic E-state index is 12.0. The predicted octanol–water partition coefficient (Wildman–Crippen LogP) is 3.46. The molecule has 0 saturated heterocycles. The van der Waals surface area contributed by atoms with E-state index in [9.17, 15) is 4.79 Å². The molecule has 1 aliphatic rings. The van der Waals surface area contributed by atoms with Gasteiger partial charge in [0.2, 0.25) is 0 Å². The fourth-order valence-electron chi connectivity index (χ4n) is 1.52. The van der Waals surface area contributed by atoms with Crippen LogP contribution in [0, 0.1) is 0 Å². The second-order valence-electron chi connectivity index (χ2n) is 3.60. The molecule has 1 aliphatic heterocycles. The molecule has 0 bridgehead atoms. The number of carbonyl (C=O) groups is 1. The van der Waals surface area contributed by atoms with Crippen molar-refractivity contribution in [3.05, 3.63) is 47.0 Å². The normalized spacial score (nSPS) is 19.8. The Morgan fingerprint density at radius 2 is 2.12 bits per heavy atom. The molecule has 2 rings (SSSR count). The summed E-state index contributed by atoms with van der Waals surface area (Å²) >= 11 is 5.21. The number of Topliss-reactive ketones (excluding diaryl/α,β-unsaturated/α-hetero) is 1. The highest BCUT2D eigenvalue weighted by Gasteiger charge is 2.23. The number of alkyl halides is 1. The molecule has 2 nitrogen and oxygen atoms in total. The number of ketones is 1. The molecule has 16 heavy (non-hydrogen) atoms. The number of rotatable bonds is 3. The fourth-order valence-corrected chi connectivity index (χ4v) is 3.15. The molecule has 1 unspecified atom stereocenters. The van der Waals surface area contributed by atoms with Crippen molar-refractivity contribution in [2.45, 2.75) is 11.2 Å². The molecule has 0 saturated carbocycles. The zero-order valence-corrected chi connectivity index (χ0v) is 11.3. The van der Waals surface area contributed by atoms with Crippen molar-refractivity contribution in [1.29, 1.82) is 0 Å². The van der Waals surface area contributed by atoms with Crippen LogP contribution in [0.3, 0.4) is 0 Å². The Kier molecular flexibility index (Phi) is 3.71. The summed E-state index contributed by atoms with van der Waals surface area (Å²) in [6.45, 7) is 2.45. The van der Waals surface area contributed by atoms with E-state index in [1.165, 1.54) is 0 Å². The summed E-state index contributed by atoms with van der Waals surface area (Å²) in [5.41, 5.74) is 1.91. The van der Waals surface area contributed by atoms with Crippen LogP contribution in [0.25, 0.3) is 0 Å². The van der Waals surface area contributed by atoms with Gasteiger partial charge in [0.1, 0.15) is 4.28 Å². The Morgan fingerprint density at radius 1 is 1.44 bits per heavy atom. The molecular formula is C12H12BrNOS. The number of thioether (sulfide) groups is 1. The van der Waals surface area contributed by atoms with E-state index in [0.717, 1.165) is 11.3 Å². The monoisotopic (exact) mass is 297 g/mol. The van der Waals surface area contributed by atoms with Gasteiger partial charge in [0.25, 0.3) is 0 Å².